The van der Waals surface area contributed by atoms with Crippen LogP contribution in [0.25, 0.3) is 5.69 Å². The molecule has 8 nitrogen and oxygen atoms in total. The second-order valence-corrected chi connectivity index (χ2v) is 5.57. The van der Waals surface area contributed by atoms with Crippen LogP contribution in [0, 0.1) is 0 Å². The maximum absolute atomic E-state index is 12.3. The van der Waals surface area contributed by atoms with Gasteiger partial charge in [-0.15, -0.1) is 4.68 Å². The number of amides is 1. The predicted octanol–water partition coefficient (Wildman–Crippen LogP) is 1.17. The highest BCUT2D eigenvalue weighted by Gasteiger charge is 2.28. The number of hydrogen-bond donors (Lipinski definition) is 1. The lowest BCUT2D eigenvalue weighted by atomic mass is 10.2. The van der Waals surface area contributed by atoms with Crippen LogP contribution in [-0.2, 0) is 0 Å². The van der Waals surface area contributed by atoms with Crippen molar-refractivity contribution >= 4 is 17.6 Å². The fourth-order valence-corrected chi connectivity index (χ4v) is 2.80. The van der Waals surface area contributed by atoms with Crippen LogP contribution in [0.4, 0.5) is 4.79 Å². The number of benzene rings is 1. The predicted molar refractivity (Wildman–Crippen MR) is 79.7 cm³/mol. The minimum absolute atomic E-state index is 0.0649. The Morgan fingerprint density at radius 3 is 2.64 bits per heavy atom. The molecule has 0 radical (unpaired) electrons. The van der Waals surface area contributed by atoms with Gasteiger partial charge in [-0.2, -0.15) is 4.68 Å². The Hall–Kier alpha value is -2.19. The van der Waals surface area contributed by atoms with Gasteiger partial charge in [0.15, 0.2) is 0 Å². The van der Waals surface area contributed by atoms with Crippen LogP contribution in [0.1, 0.15) is 25.7 Å². The van der Waals surface area contributed by atoms with E-state index in [4.69, 9.17) is 17.4 Å². The van der Waals surface area contributed by atoms with E-state index in [0.717, 1.165) is 35.4 Å². The van der Waals surface area contributed by atoms with E-state index in [0.29, 0.717) is 15.4 Å². The Bertz CT molecular complexity index is 749. The van der Waals surface area contributed by atoms with Crippen molar-refractivity contribution in [2.75, 3.05) is 0 Å². The standard InChI is InChI=1S/C13H15ClN6O2/c14-10-7-3-4-8-11(10)19-13(22)20(17-16-19)12(21)18(15)9-5-1-2-6-9/h3-4,7-9H,1-2,5-6,15H2. The molecule has 0 atom stereocenters. The fraction of sp³-hybridized carbons (Fsp3) is 0.385. The molecule has 1 saturated carbocycles. The molecule has 1 aliphatic rings. The largest absolute Gasteiger partial charge is 0.377 e. The zero-order valence-corrected chi connectivity index (χ0v) is 12.5. The smallest absolute Gasteiger partial charge is 0.257 e. The maximum atomic E-state index is 12.3. The highest BCUT2D eigenvalue weighted by Crippen LogP contribution is 2.21. The van der Waals surface area contributed by atoms with Crippen LogP contribution in [0.2, 0.25) is 5.02 Å². The molecule has 1 aliphatic carbocycles. The Morgan fingerprint density at radius 1 is 1.27 bits per heavy atom. The molecule has 0 bridgehead atoms. The van der Waals surface area contributed by atoms with Gasteiger partial charge in [-0.25, -0.2) is 15.4 Å². The number of aromatic nitrogens is 4. The van der Waals surface area contributed by atoms with Gasteiger partial charge in [-0.3, -0.25) is 5.01 Å². The van der Waals surface area contributed by atoms with E-state index in [2.05, 4.69) is 10.4 Å². The molecule has 0 unspecified atom stereocenters. The number of nitrogens with two attached hydrogens (primary N) is 1. The molecule has 22 heavy (non-hydrogen) atoms. The van der Waals surface area contributed by atoms with E-state index in [1.54, 1.807) is 24.3 Å². The fourth-order valence-electron chi connectivity index (χ4n) is 2.59. The summed E-state index contributed by atoms with van der Waals surface area (Å²) in [6, 6.07) is 5.93. The molecule has 2 aromatic rings. The van der Waals surface area contributed by atoms with Gasteiger partial charge in [-0.05, 0) is 35.4 Å². The second-order valence-electron chi connectivity index (χ2n) is 5.16. The third-order valence-electron chi connectivity index (χ3n) is 3.78. The van der Waals surface area contributed by atoms with Crippen molar-refractivity contribution in [3.63, 3.8) is 0 Å². The average molecular weight is 323 g/mol. The summed E-state index contributed by atoms with van der Waals surface area (Å²) in [4.78, 5) is 24.6. The minimum Gasteiger partial charge on any atom is -0.257 e. The number of rotatable bonds is 2. The summed E-state index contributed by atoms with van der Waals surface area (Å²) in [5, 5.41) is 8.73. The summed E-state index contributed by atoms with van der Waals surface area (Å²) in [5.41, 5.74) is -0.343. The van der Waals surface area contributed by atoms with Crippen molar-refractivity contribution in [1.82, 2.24) is 24.8 Å². The van der Waals surface area contributed by atoms with Crippen LogP contribution in [0.15, 0.2) is 29.1 Å². The van der Waals surface area contributed by atoms with Crippen LogP contribution in [-0.4, -0.2) is 36.9 Å². The Kier molecular flexibility index (Phi) is 3.95. The molecule has 1 amide bonds. The van der Waals surface area contributed by atoms with Crippen LogP contribution < -0.4 is 11.5 Å². The summed E-state index contributed by atoms with van der Waals surface area (Å²) in [6.45, 7) is 0. The van der Waals surface area contributed by atoms with Crippen LogP contribution in [0.3, 0.4) is 0 Å². The van der Waals surface area contributed by atoms with Crippen molar-refractivity contribution < 1.29 is 4.79 Å². The molecule has 1 aromatic heterocycles. The van der Waals surface area contributed by atoms with Crippen LogP contribution in [0.5, 0.6) is 0 Å². The highest BCUT2D eigenvalue weighted by atomic mass is 35.5. The Labute approximate surface area is 131 Å². The van der Waals surface area contributed by atoms with Crippen molar-refractivity contribution in [3.05, 3.63) is 39.8 Å². The first-order valence-electron chi connectivity index (χ1n) is 6.98. The molecule has 9 heteroatoms. The lowest BCUT2D eigenvalue weighted by molar-refractivity contribution is 0.173. The van der Waals surface area contributed by atoms with E-state index < -0.39 is 11.7 Å². The van der Waals surface area contributed by atoms with Gasteiger partial charge in [0.2, 0.25) is 0 Å². The number of hydrazine groups is 1. The van der Waals surface area contributed by atoms with Gasteiger partial charge >= 0.3 is 11.7 Å². The third kappa shape index (κ3) is 2.51. The summed E-state index contributed by atoms with van der Waals surface area (Å²) < 4.78 is 1.63. The number of hydrogen-bond acceptors (Lipinski definition) is 5. The average Bonchev–Trinajstić information content (AvgIpc) is 3.16. The van der Waals surface area contributed by atoms with E-state index in [1.807, 2.05) is 0 Å². The van der Waals surface area contributed by atoms with E-state index in [9.17, 15) is 9.59 Å². The molecule has 1 fully saturated rings. The van der Waals surface area contributed by atoms with Crippen molar-refractivity contribution in [3.8, 4) is 5.69 Å². The molecular weight excluding hydrogens is 308 g/mol. The van der Waals surface area contributed by atoms with Gasteiger partial charge in [0.05, 0.1) is 10.7 Å². The van der Waals surface area contributed by atoms with E-state index in [1.165, 1.54) is 0 Å². The van der Waals surface area contributed by atoms with Gasteiger partial charge in [-0.1, -0.05) is 36.6 Å². The van der Waals surface area contributed by atoms with Gasteiger partial charge < -0.3 is 0 Å². The molecule has 0 spiro atoms. The van der Waals surface area contributed by atoms with E-state index >= 15 is 0 Å². The summed E-state index contributed by atoms with van der Waals surface area (Å²) in [5.74, 6) is 5.82. The molecule has 1 heterocycles. The zero-order valence-electron chi connectivity index (χ0n) is 11.7. The molecular formula is C13H15ClN6O2. The van der Waals surface area contributed by atoms with E-state index in [-0.39, 0.29) is 6.04 Å². The van der Waals surface area contributed by atoms with Gasteiger partial charge in [0.25, 0.3) is 0 Å². The number of halogens is 1. The molecule has 3 rings (SSSR count). The van der Waals surface area contributed by atoms with Crippen molar-refractivity contribution in [1.29, 1.82) is 0 Å². The maximum Gasteiger partial charge on any atom is 0.377 e. The molecule has 0 saturated heterocycles. The SMILES string of the molecule is NN(C(=O)n1nnn(-c2ccccc2Cl)c1=O)C1CCCC1. The lowest BCUT2D eigenvalue weighted by Gasteiger charge is -2.21. The number of nitrogens with zero attached hydrogens (tertiary/aromatic N) is 5. The first kappa shape index (κ1) is 14.7. The summed E-state index contributed by atoms with van der Waals surface area (Å²) in [6.07, 6.45) is 3.70. The van der Waals surface area contributed by atoms with Crippen molar-refractivity contribution in [2.24, 2.45) is 5.84 Å². The quantitative estimate of drug-likeness (QED) is 0.387. The van der Waals surface area contributed by atoms with Crippen molar-refractivity contribution in [2.45, 2.75) is 31.7 Å². The molecule has 2 N–H and O–H groups in total. The number of carbonyl (C=O) groups is 1. The molecule has 0 aliphatic heterocycles. The zero-order chi connectivity index (χ0) is 15.7. The van der Waals surface area contributed by atoms with Crippen LogP contribution >= 0.6 is 11.6 Å². The second kappa shape index (κ2) is 5.90. The highest BCUT2D eigenvalue weighted by molar-refractivity contribution is 6.32. The number of tetrazole rings is 1. The van der Waals surface area contributed by atoms with Gasteiger partial charge in [0.1, 0.15) is 0 Å². The monoisotopic (exact) mass is 322 g/mol. The summed E-state index contributed by atoms with van der Waals surface area (Å²) >= 11 is 6.03. The lowest BCUT2D eigenvalue weighted by Crippen LogP contribution is -2.49. The topological polar surface area (TPSA) is 99.0 Å². The molecule has 1 aromatic carbocycles. The molecule has 116 valence electrons. The third-order valence-corrected chi connectivity index (χ3v) is 4.10. The number of carbonyl (C=O) groups excluding carboxylic acids is 1. The Balaban J connectivity index is 1.92. The minimum atomic E-state index is -0.702. The Morgan fingerprint density at radius 2 is 1.95 bits per heavy atom. The normalized spacial score (nSPS) is 15.2. The number of para-hydroxylation sites is 1. The first-order valence-corrected chi connectivity index (χ1v) is 7.35. The summed E-state index contributed by atoms with van der Waals surface area (Å²) in [7, 11) is 0. The van der Waals surface area contributed by atoms with Gasteiger partial charge in [0, 0.05) is 6.04 Å². The first-order chi connectivity index (χ1) is 10.6.